The van der Waals surface area contributed by atoms with E-state index in [1.54, 1.807) is 35.4 Å². The number of benzene rings is 2. The lowest BCUT2D eigenvalue weighted by atomic mass is 9.87. The number of halogens is 4. The molecule has 2 aromatic carbocycles. The summed E-state index contributed by atoms with van der Waals surface area (Å²) in [6, 6.07) is 15.2. The van der Waals surface area contributed by atoms with Crippen molar-refractivity contribution in [1.82, 2.24) is 10.3 Å². The molecule has 2 fully saturated rings. The van der Waals surface area contributed by atoms with Gasteiger partial charge in [0.05, 0.1) is 0 Å². The Kier molecular flexibility index (Phi) is 8.86. The van der Waals surface area contributed by atoms with Crippen LogP contribution in [-0.2, 0) is 14.4 Å². The number of hydrogen-bond acceptors (Lipinski definition) is 4. The van der Waals surface area contributed by atoms with Crippen LogP contribution < -0.4 is 15.1 Å². The number of nitrogens with zero attached hydrogens (tertiary/aromatic N) is 3. The second-order valence-corrected chi connectivity index (χ2v) is 9.63. The minimum absolute atomic E-state index is 0.143. The predicted octanol–water partition coefficient (Wildman–Crippen LogP) is 5.31. The average molecular weight is 559 g/mol. The van der Waals surface area contributed by atoms with E-state index in [4.69, 9.17) is 11.6 Å². The normalized spacial score (nSPS) is 16.9. The van der Waals surface area contributed by atoms with Gasteiger partial charge in [-0.05, 0) is 42.8 Å². The maximum atomic E-state index is 13.6. The number of carbonyl (C=O) groups excluding carboxylic acids is 3. The molecule has 1 saturated heterocycles. The summed E-state index contributed by atoms with van der Waals surface area (Å²) < 4.78 is 39.8. The highest BCUT2D eigenvalue weighted by atomic mass is 35.5. The Morgan fingerprint density at radius 1 is 1.13 bits per heavy atom. The van der Waals surface area contributed by atoms with Gasteiger partial charge >= 0.3 is 0 Å². The number of carbonyl (C=O) groups is 3. The van der Waals surface area contributed by atoms with Gasteiger partial charge < -0.3 is 5.32 Å². The van der Waals surface area contributed by atoms with Crippen LogP contribution in [0.15, 0.2) is 72.9 Å². The van der Waals surface area contributed by atoms with Crippen molar-refractivity contribution in [3.63, 3.8) is 0 Å². The molecule has 7 nitrogen and oxygen atoms in total. The smallest absolute Gasteiger partial charge is 0.252 e. The lowest BCUT2D eigenvalue weighted by Crippen LogP contribution is -2.53. The number of rotatable bonds is 7. The van der Waals surface area contributed by atoms with Crippen molar-refractivity contribution in [1.29, 1.82) is 0 Å². The highest BCUT2D eigenvalue weighted by molar-refractivity contribution is 6.31. The summed E-state index contributed by atoms with van der Waals surface area (Å²) in [7, 11) is 0. The Labute approximate surface area is 228 Å². The maximum absolute atomic E-state index is 13.6. The lowest BCUT2D eigenvalue weighted by Gasteiger charge is -2.37. The van der Waals surface area contributed by atoms with E-state index in [2.05, 4.69) is 10.3 Å². The quantitative estimate of drug-likeness (QED) is 0.399. The molecule has 0 spiro atoms. The molecule has 2 aliphatic rings. The van der Waals surface area contributed by atoms with E-state index in [9.17, 15) is 27.6 Å². The van der Waals surface area contributed by atoms with Gasteiger partial charge in [-0.15, -0.1) is 0 Å². The summed E-state index contributed by atoms with van der Waals surface area (Å²) in [6.07, 6.45) is 2.79. The van der Waals surface area contributed by atoms with Gasteiger partial charge in [0.2, 0.25) is 18.2 Å². The van der Waals surface area contributed by atoms with E-state index in [1.165, 1.54) is 18.2 Å². The van der Waals surface area contributed by atoms with Gasteiger partial charge in [0, 0.05) is 54.3 Å². The Hall–Kier alpha value is -3.92. The molecular formula is C28H26ClF3N4O3. The monoisotopic (exact) mass is 558 g/mol. The van der Waals surface area contributed by atoms with E-state index in [0.29, 0.717) is 18.4 Å². The van der Waals surface area contributed by atoms with E-state index in [1.807, 2.05) is 18.2 Å². The lowest BCUT2D eigenvalue weighted by molar-refractivity contribution is -0.131. The van der Waals surface area contributed by atoms with Gasteiger partial charge in [-0.1, -0.05) is 41.9 Å². The number of anilines is 2. The minimum Gasteiger partial charge on any atom is -0.351 e. The van der Waals surface area contributed by atoms with E-state index < -0.39 is 42.6 Å². The summed E-state index contributed by atoms with van der Waals surface area (Å²) in [5.74, 6) is -3.09. The third-order valence-electron chi connectivity index (χ3n) is 6.38. The van der Waals surface area contributed by atoms with Gasteiger partial charge in [0.15, 0.2) is 0 Å². The molecule has 1 unspecified atom stereocenters. The van der Waals surface area contributed by atoms with E-state index >= 15 is 0 Å². The van der Waals surface area contributed by atoms with Crippen LogP contribution in [-0.4, -0.2) is 41.7 Å². The summed E-state index contributed by atoms with van der Waals surface area (Å²) in [4.78, 5) is 42.8. The van der Waals surface area contributed by atoms with Gasteiger partial charge in [0.1, 0.15) is 17.7 Å². The van der Waals surface area contributed by atoms with Crippen LogP contribution in [0.3, 0.4) is 0 Å². The molecule has 39 heavy (non-hydrogen) atoms. The molecule has 1 aliphatic heterocycles. The number of hydrogen-bond donors (Lipinski definition) is 1. The Bertz CT molecular complexity index is 1320. The summed E-state index contributed by atoms with van der Waals surface area (Å²) in [5, 5.41) is 2.75. The molecule has 1 atom stereocenters. The van der Waals surface area contributed by atoms with E-state index in [0.717, 1.165) is 29.7 Å². The third-order valence-corrected chi connectivity index (χ3v) is 6.73. The minimum atomic E-state index is -2.80. The van der Waals surface area contributed by atoms with Gasteiger partial charge in [-0.2, -0.15) is 0 Å². The van der Waals surface area contributed by atoms with Crippen molar-refractivity contribution in [2.24, 2.45) is 0 Å². The summed E-state index contributed by atoms with van der Waals surface area (Å²) in [5.41, 5.74) is 0.447. The molecule has 0 radical (unpaired) electrons. The molecular weight excluding hydrogens is 533 g/mol. The zero-order chi connectivity index (χ0) is 28.0. The van der Waals surface area contributed by atoms with Crippen molar-refractivity contribution >= 4 is 41.3 Å². The largest absolute Gasteiger partial charge is 0.351 e. The number of nitrogens with one attached hydrogen (secondary N) is 1. The second kappa shape index (κ2) is 12.3. The molecule has 11 heteroatoms. The first-order chi connectivity index (χ1) is 18.7. The standard InChI is InChI=1S/C19H16ClF3N2O2.C9H10N2O/c20-16-7-2-1-6-15(16)17(18(27)24-13-9-19(22,23)10-13)25(11-26)14-5-3-4-12(21)8-14;12-9-5-3-7-11(9)8-4-1-2-6-10-8/h1-8,11,13,17H,9-10H2,(H,24,27);1-2,4,6H,3,5,7H2. The van der Waals surface area contributed by atoms with Crippen LogP contribution in [0.5, 0.6) is 0 Å². The van der Waals surface area contributed by atoms with E-state index in [-0.39, 0.29) is 16.6 Å². The molecule has 204 valence electrons. The molecule has 1 saturated carbocycles. The second-order valence-electron chi connectivity index (χ2n) is 9.22. The van der Waals surface area contributed by atoms with Gasteiger partial charge in [-0.25, -0.2) is 18.2 Å². The highest BCUT2D eigenvalue weighted by Gasteiger charge is 2.47. The third kappa shape index (κ3) is 6.94. The van der Waals surface area contributed by atoms with Crippen molar-refractivity contribution in [2.45, 2.75) is 43.7 Å². The molecule has 1 aliphatic carbocycles. The van der Waals surface area contributed by atoms with Crippen LogP contribution in [0.25, 0.3) is 0 Å². The molecule has 3 amide bonds. The zero-order valence-corrected chi connectivity index (χ0v) is 21.5. The summed E-state index contributed by atoms with van der Waals surface area (Å²) >= 11 is 6.20. The molecule has 1 N–H and O–H groups in total. The summed E-state index contributed by atoms with van der Waals surface area (Å²) in [6.45, 7) is 0.815. The first-order valence-corrected chi connectivity index (χ1v) is 12.7. The molecule has 3 aromatic rings. The topological polar surface area (TPSA) is 82.6 Å². The Balaban J connectivity index is 0.000000243. The molecule has 1 aromatic heterocycles. The Morgan fingerprint density at radius 2 is 1.87 bits per heavy atom. The number of amides is 3. The predicted molar refractivity (Wildman–Crippen MR) is 141 cm³/mol. The molecule has 2 heterocycles. The average Bonchev–Trinajstić information content (AvgIpc) is 3.33. The highest BCUT2D eigenvalue weighted by Crippen LogP contribution is 2.38. The maximum Gasteiger partial charge on any atom is 0.252 e. The number of pyridine rings is 1. The van der Waals surface area contributed by atoms with Crippen LogP contribution in [0.4, 0.5) is 24.7 Å². The van der Waals surface area contributed by atoms with Gasteiger partial charge in [0.25, 0.3) is 5.92 Å². The van der Waals surface area contributed by atoms with Crippen LogP contribution in [0.2, 0.25) is 5.02 Å². The number of alkyl halides is 2. The van der Waals surface area contributed by atoms with Crippen molar-refractivity contribution < 1.29 is 27.6 Å². The van der Waals surface area contributed by atoms with Crippen molar-refractivity contribution in [3.8, 4) is 0 Å². The van der Waals surface area contributed by atoms with Crippen LogP contribution in [0.1, 0.15) is 37.3 Å². The van der Waals surface area contributed by atoms with Crippen LogP contribution in [0, 0.1) is 5.82 Å². The Morgan fingerprint density at radius 3 is 2.46 bits per heavy atom. The fourth-order valence-electron chi connectivity index (χ4n) is 4.47. The number of aromatic nitrogens is 1. The van der Waals surface area contributed by atoms with Crippen molar-refractivity contribution in [3.05, 3.63) is 89.3 Å². The first-order valence-electron chi connectivity index (χ1n) is 12.3. The zero-order valence-electron chi connectivity index (χ0n) is 20.8. The molecule has 5 rings (SSSR count). The SMILES string of the molecule is O=C1CCCN1c1ccccn1.O=CN(c1cccc(F)c1)C(C(=O)NC1CC(F)(F)C1)c1ccccc1Cl. The fraction of sp³-hybridized carbons (Fsp3) is 0.286. The van der Waals surface area contributed by atoms with Gasteiger partial charge in [-0.3, -0.25) is 24.2 Å². The first kappa shape index (κ1) is 28.1. The molecule has 0 bridgehead atoms. The fourth-order valence-corrected chi connectivity index (χ4v) is 4.71. The van der Waals surface area contributed by atoms with Crippen LogP contribution >= 0.6 is 11.6 Å². The van der Waals surface area contributed by atoms with Crippen molar-refractivity contribution in [2.75, 3.05) is 16.3 Å².